The number of ether oxygens (including phenoxy) is 2. The summed E-state index contributed by atoms with van der Waals surface area (Å²) in [5, 5.41) is 3.58. The van der Waals surface area contributed by atoms with Gasteiger partial charge in [-0.2, -0.15) is 0 Å². The number of nitrogens with one attached hydrogen (secondary N) is 2. The zero-order valence-electron chi connectivity index (χ0n) is 19.2. The number of H-pyrrole nitrogens is 1. The van der Waals surface area contributed by atoms with Gasteiger partial charge in [0.25, 0.3) is 11.8 Å². The third kappa shape index (κ3) is 4.41. The Morgan fingerprint density at radius 1 is 1.24 bits per heavy atom. The molecular weight excluding hydrogens is 424 g/mol. The molecule has 0 spiro atoms. The SMILES string of the molecule is CNC(=O)c1cc(OC)c(O[C@@H](C)C(=O)N2CCN(c3nccc4[nH]ccc34)C[C@H]2C)cn1. The predicted molar refractivity (Wildman–Crippen MR) is 124 cm³/mol. The lowest BCUT2D eigenvalue weighted by Gasteiger charge is -2.41. The Balaban J connectivity index is 1.43. The summed E-state index contributed by atoms with van der Waals surface area (Å²) in [4.78, 5) is 40.9. The number of nitrogens with zero attached hydrogens (tertiary/aromatic N) is 4. The lowest BCUT2D eigenvalue weighted by atomic mass is 10.1. The van der Waals surface area contributed by atoms with Gasteiger partial charge in [-0.1, -0.05) is 0 Å². The molecule has 1 saturated heterocycles. The zero-order valence-corrected chi connectivity index (χ0v) is 19.2. The van der Waals surface area contributed by atoms with Crippen LogP contribution in [0, 0.1) is 0 Å². The highest BCUT2D eigenvalue weighted by atomic mass is 16.5. The molecule has 1 fully saturated rings. The topological polar surface area (TPSA) is 113 Å². The third-order valence-electron chi connectivity index (χ3n) is 5.83. The molecule has 2 N–H and O–H groups in total. The highest BCUT2D eigenvalue weighted by Gasteiger charge is 2.32. The van der Waals surface area contributed by atoms with Crippen molar-refractivity contribution in [1.29, 1.82) is 0 Å². The van der Waals surface area contributed by atoms with E-state index >= 15 is 0 Å². The fraction of sp³-hybridized carbons (Fsp3) is 0.391. The Labute approximate surface area is 191 Å². The maximum absolute atomic E-state index is 13.2. The number of methoxy groups -OCH3 is 1. The summed E-state index contributed by atoms with van der Waals surface area (Å²) in [7, 11) is 3.00. The summed E-state index contributed by atoms with van der Waals surface area (Å²) < 4.78 is 11.2. The molecule has 3 aromatic rings. The minimum atomic E-state index is -0.744. The van der Waals surface area contributed by atoms with Crippen molar-refractivity contribution in [3.63, 3.8) is 0 Å². The van der Waals surface area contributed by atoms with Crippen molar-refractivity contribution in [2.24, 2.45) is 0 Å². The Kier molecular flexibility index (Phi) is 6.34. The van der Waals surface area contributed by atoms with Crippen LogP contribution in [0.5, 0.6) is 11.5 Å². The van der Waals surface area contributed by atoms with E-state index in [4.69, 9.17) is 9.47 Å². The molecule has 2 amide bonds. The largest absolute Gasteiger partial charge is 0.493 e. The smallest absolute Gasteiger partial charge is 0.269 e. The van der Waals surface area contributed by atoms with Gasteiger partial charge in [0.2, 0.25) is 0 Å². The summed E-state index contributed by atoms with van der Waals surface area (Å²) >= 11 is 0. The standard InChI is InChI=1S/C23H28N6O4/c1-14-13-28(21-16-5-7-25-17(16)6-8-26-21)9-10-29(14)23(31)15(2)33-20-12-27-18(22(30)24-3)11-19(20)32-4/h5-8,11-12,14-15,25H,9-10,13H2,1-4H3,(H,24,30)/t14-,15+/m1/s1. The van der Waals surface area contributed by atoms with E-state index in [1.165, 1.54) is 26.4 Å². The number of anilines is 1. The highest BCUT2D eigenvalue weighted by molar-refractivity contribution is 5.92. The van der Waals surface area contributed by atoms with E-state index in [1.54, 1.807) is 13.1 Å². The molecule has 3 aromatic heterocycles. The van der Waals surface area contributed by atoms with Crippen LogP contribution >= 0.6 is 0 Å². The van der Waals surface area contributed by atoms with E-state index in [-0.39, 0.29) is 23.6 Å². The van der Waals surface area contributed by atoms with E-state index in [0.29, 0.717) is 31.1 Å². The number of aromatic amines is 1. The Morgan fingerprint density at radius 2 is 2.06 bits per heavy atom. The van der Waals surface area contributed by atoms with Crippen LogP contribution in [0.25, 0.3) is 10.9 Å². The Bertz CT molecular complexity index is 1160. The van der Waals surface area contributed by atoms with Crippen LogP contribution in [-0.2, 0) is 4.79 Å². The van der Waals surface area contributed by atoms with Crippen LogP contribution in [0.1, 0.15) is 24.3 Å². The van der Waals surface area contributed by atoms with Crippen LogP contribution in [0.15, 0.2) is 36.8 Å². The number of hydrogen-bond acceptors (Lipinski definition) is 7. The lowest BCUT2D eigenvalue weighted by Crippen LogP contribution is -2.56. The van der Waals surface area contributed by atoms with Gasteiger partial charge in [-0.25, -0.2) is 9.97 Å². The van der Waals surface area contributed by atoms with Crippen molar-refractivity contribution in [3.8, 4) is 11.5 Å². The summed E-state index contributed by atoms with van der Waals surface area (Å²) in [5.41, 5.74) is 1.25. The fourth-order valence-corrected chi connectivity index (χ4v) is 4.10. The van der Waals surface area contributed by atoms with Gasteiger partial charge in [0.15, 0.2) is 17.6 Å². The van der Waals surface area contributed by atoms with Crippen molar-refractivity contribution in [3.05, 3.63) is 42.5 Å². The van der Waals surface area contributed by atoms with Crippen LogP contribution in [0.4, 0.5) is 5.82 Å². The van der Waals surface area contributed by atoms with Crippen molar-refractivity contribution in [2.75, 3.05) is 38.7 Å². The van der Waals surface area contributed by atoms with Gasteiger partial charge >= 0.3 is 0 Å². The number of amides is 2. The molecule has 0 saturated carbocycles. The Hall–Kier alpha value is -3.82. The quantitative estimate of drug-likeness (QED) is 0.587. The molecule has 10 heteroatoms. The maximum Gasteiger partial charge on any atom is 0.269 e. The van der Waals surface area contributed by atoms with Crippen molar-refractivity contribution < 1.29 is 19.1 Å². The van der Waals surface area contributed by atoms with Gasteiger partial charge in [-0.05, 0) is 26.0 Å². The van der Waals surface area contributed by atoms with Gasteiger partial charge in [-0.3, -0.25) is 9.59 Å². The second-order valence-corrected chi connectivity index (χ2v) is 7.96. The van der Waals surface area contributed by atoms with Crippen LogP contribution in [-0.4, -0.2) is 77.6 Å². The minimum Gasteiger partial charge on any atom is -0.493 e. The molecule has 33 heavy (non-hydrogen) atoms. The first-order valence-corrected chi connectivity index (χ1v) is 10.8. The van der Waals surface area contributed by atoms with Gasteiger partial charge in [0.1, 0.15) is 11.5 Å². The average Bonchev–Trinajstić information content (AvgIpc) is 3.32. The number of aromatic nitrogens is 3. The van der Waals surface area contributed by atoms with Gasteiger partial charge in [0.05, 0.1) is 18.8 Å². The molecule has 1 aliphatic rings. The summed E-state index contributed by atoms with van der Waals surface area (Å²) in [6.45, 7) is 5.62. The second kappa shape index (κ2) is 9.35. The average molecular weight is 453 g/mol. The molecule has 4 rings (SSSR count). The van der Waals surface area contributed by atoms with Crippen LogP contribution < -0.4 is 19.7 Å². The predicted octanol–water partition coefficient (Wildman–Crippen LogP) is 1.83. The van der Waals surface area contributed by atoms with Gasteiger partial charge in [-0.15, -0.1) is 0 Å². The first-order chi connectivity index (χ1) is 15.9. The van der Waals surface area contributed by atoms with Gasteiger partial charge < -0.3 is 29.6 Å². The monoisotopic (exact) mass is 452 g/mol. The maximum atomic E-state index is 13.2. The molecule has 10 nitrogen and oxygen atoms in total. The van der Waals surface area contributed by atoms with E-state index in [1.807, 2.05) is 30.2 Å². The number of pyridine rings is 2. The normalized spacial score (nSPS) is 17.0. The van der Waals surface area contributed by atoms with Gasteiger partial charge in [0, 0.05) is 56.6 Å². The molecular formula is C23H28N6O4. The van der Waals surface area contributed by atoms with Crippen molar-refractivity contribution in [1.82, 2.24) is 25.2 Å². The molecule has 0 aromatic carbocycles. The number of rotatable bonds is 6. The molecule has 2 atom stereocenters. The molecule has 1 aliphatic heterocycles. The molecule has 0 bridgehead atoms. The molecule has 0 aliphatic carbocycles. The van der Waals surface area contributed by atoms with E-state index in [2.05, 4.69) is 25.2 Å². The summed E-state index contributed by atoms with van der Waals surface area (Å²) in [5.74, 6) is 1.12. The van der Waals surface area contributed by atoms with Crippen LogP contribution in [0.2, 0.25) is 0 Å². The number of hydrogen-bond donors (Lipinski definition) is 2. The zero-order chi connectivity index (χ0) is 23.5. The van der Waals surface area contributed by atoms with Crippen LogP contribution in [0.3, 0.4) is 0 Å². The molecule has 0 unspecified atom stereocenters. The fourth-order valence-electron chi connectivity index (χ4n) is 4.10. The van der Waals surface area contributed by atoms with E-state index in [0.717, 1.165) is 16.7 Å². The van der Waals surface area contributed by atoms with E-state index < -0.39 is 6.10 Å². The molecule has 4 heterocycles. The number of fused-ring (bicyclic) bond motifs is 1. The summed E-state index contributed by atoms with van der Waals surface area (Å²) in [6, 6.07) is 5.43. The second-order valence-electron chi connectivity index (χ2n) is 7.96. The first-order valence-electron chi connectivity index (χ1n) is 10.8. The Morgan fingerprint density at radius 3 is 2.79 bits per heavy atom. The molecule has 174 valence electrons. The molecule has 0 radical (unpaired) electrons. The van der Waals surface area contributed by atoms with Crippen molar-refractivity contribution >= 4 is 28.5 Å². The highest BCUT2D eigenvalue weighted by Crippen LogP contribution is 2.29. The summed E-state index contributed by atoms with van der Waals surface area (Å²) in [6.07, 6.45) is 4.36. The lowest BCUT2D eigenvalue weighted by molar-refractivity contribution is -0.140. The third-order valence-corrected chi connectivity index (χ3v) is 5.83. The first kappa shape index (κ1) is 22.4. The minimum absolute atomic E-state index is 0.0241. The van der Waals surface area contributed by atoms with Crippen molar-refractivity contribution in [2.45, 2.75) is 26.0 Å². The number of carbonyl (C=O) groups excluding carboxylic acids is 2. The number of carbonyl (C=O) groups is 2. The number of piperazine rings is 1. The van der Waals surface area contributed by atoms with E-state index in [9.17, 15) is 9.59 Å².